The number of rotatable bonds is 4. The number of carbonyl (C=O) groups excluding carboxylic acids is 2. The number of nitrogens with two attached hydrogens (primary N) is 2. The fourth-order valence-corrected chi connectivity index (χ4v) is 6.08. The minimum absolute atomic E-state index is 0.134. The van der Waals surface area contributed by atoms with Gasteiger partial charge in [0.25, 0.3) is 5.91 Å². The third kappa shape index (κ3) is 2.09. The first-order chi connectivity index (χ1) is 12.5. The molecule has 2 heterocycles. The first kappa shape index (κ1) is 15.7. The molecule has 4 aliphatic rings. The zero-order chi connectivity index (χ0) is 18.1. The second-order valence-electron chi connectivity index (χ2n) is 8.44. The van der Waals surface area contributed by atoms with Gasteiger partial charge in [-0.25, -0.2) is 4.98 Å². The fourth-order valence-electron chi connectivity index (χ4n) is 6.08. The van der Waals surface area contributed by atoms with Gasteiger partial charge in [0.15, 0.2) is 0 Å². The van der Waals surface area contributed by atoms with E-state index in [-0.39, 0.29) is 17.4 Å². The molecule has 4 saturated carbocycles. The van der Waals surface area contributed by atoms with E-state index in [1.54, 1.807) is 0 Å². The van der Waals surface area contributed by atoms with Crippen LogP contribution < -0.4 is 16.8 Å². The summed E-state index contributed by atoms with van der Waals surface area (Å²) in [6.45, 7) is 0. The molecule has 0 aliphatic heterocycles. The molecule has 0 aromatic carbocycles. The molecule has 3 unspecified atom stereocenters. The Morgan fingerprint density at radius 1 is 1.19 bits per heavy atom. The van der Waals surface area contributed by atoms with Crippen molar-refractivity contribution in [2.24, 2.45) is 34.6 Å². The molecule has 5 atom stereocenters. The van der Waals surface area contributed by atoms with Crippen LogP contribution >= 0.6 is 0 Å². The SMILES string of the molecule is NC(=O)c1cnc2[nH]ccc2c1NC1[C@@H]2CC3C[C@H]1CC(C(N)=O)(C3)C2. The Kier molecular flexibility index (Phi) is 3.14. The highest BCUT2D eigenvalue weighted by atomic mass is 16.1. The molecule has 0 saturated heterocycles. The van der Waals surface area contributed by atoms with Crippen molar-refractivity contribution in [3.05, 3.63) is 24.0 Å². The summed E-state index contributed by atoms with van der Waals surface area (Å²) in [5, 5.41) is 4.52. The van der Waals surface area contributed by atoms with Crippen LogP contribution in [0.15, 0.2) is 18.5 Å². The summed E-state index contributed by atoms with van der Waals surface area (Å²) >= 11 is 0. The number of nitrogens with zero attached hydrogens (tertiary/aromatic N) is 1. The zero-order valence-corrected chi connectivity index (χ0v) is 14.5. The summed E-state index contributed by atoms with van der Waals surface area (Å²) in [5.41, 5.74) is 13.0. The number of hydrogen-bond donors (Lipinski definition) is 4. The number of fused-ring (bicyclic) bond motifs is 1. The molecule has 6 N–H and O–H groups in total. The number of aromatic amines is 1. The van der Waals surface area contributed by atoms with Crippen molar-refractivity contribution in [2.75, 3.05) is 5.32 Å². The second-order valence-corrected chi connectivity index (χ2v) is 8.44. The van der Waals surface area contributed by atoms with Gasteiger partial charge in [-0.15, -0.1) is 0 Å². The Morgan fingerprint density at radius 2 is 1.92 bits per heavy atom. The Bertz CT molecular complexity index is 904. The predicted molar refractivity (Wildman–Crippen MR) is 97.2 cm³/mol. The number of pyridine rings is 1. The van der Waals surface area contributed by atoms with Crippen LogP contribution in [0, 0.1) is 23.2 Å². The minimum Gasteiger partial charge on any atom is -0.380 e. The summed E-state index contributed by atoms with van der Waals surface area (Å²) in [6.07, 6.45) is 8.23. The van der Waals surface area contributed by atoms with Crippen LogP contribution in [0.5, 0.6) is 0 Å². The maximum absolute atomic E-state index is 12.1. The zero-order valence-electron chi connectivity index (χ0n) is 14.5. The lowest BCUT2D eigenvalue weighted by Gasteiger charge is -2.59. The maximum atomic E-state index is 12.1. The van der Waals surface area contributed by atoms with Crippen molar-refractivity contribution in [2.45, 2.75) is 38.1 Å². The van der Waals surface area contributed by atoms with E-state index >= 15 is 0 Å². The lowest BCUT2D eigenvalue weighted by atomic mass is 9.47. The first-order valence-corrected chi connectivity index (χ1v) is 9.29. The number of primary amides is 2. The van der Waals surface area contributed by atoms with Crippen LogP contribution in [-0.2, 0) is 4.79 Å². The van der Waals surface area contributed by atoms with E-state index < -0.39 is 5.91 Å². The van der Waals surface area contributed by atoms with E-state index in [0.717, 1.165) is 48.8 Å². The second kappa shape index (κ2) is 5.22. The lowest BCUT2D eigenvalue weighted by molar-refractivity contribution is -0.143. The van der Waals surface area contributed by atoms with Crippen LogP contribution in [0.1, 0.15) is 42.5 Å². The summed E-state index contributed by atoms with van der Waals surface area (Å²) < 4.78 is 0. The molecule has 7 nitrogen and oxygen atoms in total. The van der Waals surface area contributed by atoms with Crippen LogP contribution in [0.2, 0.25) is 0 Å². The average Bonchev–Trinajstić information content (AvgIpc) is 3.06. The Morgan fingerprint density at radius 3 is 2.58 bits per heavy atom. The van der Waals surface area contributed by atoms with Crippen LogP contribution in [0.25, 0.3) is 11.0 Å². The van der Waals surface area contributed by atoms with Gasteiger partial charge in [0.05, 0.1) is 11.3 Å². The van der Waals surface area contributed by atoms with E-state index in [1.165, 1.54) is 6.20 Å². The number of anilines is 1. The number of hydrogen-bond acceptors (Lipinski definition) is 4. The predicted octanol–water partition coefficient (Wildman–Crippen LogP) is 1.75. The third-order valence-corrected chi connectivity index (χ3v) is 6.96. The number of carbonyl (C=O) groups is 2. The molecule has 0 radical (unpaired) electrons. The Hall–Kier alpha value is -2.57. The monoisotopic (exact) mass is 353 g/mol. The molecule has 7 heteroatoms. The first-order valence-electron chi connectivity index (χ1n) is 9.29. The van der Waals surface area contributed by atoms with Crippen molar-refractivity contribution >= 4 is 28.5 Å². The summed E-state index contributed by atoms with van der Waals surface area (Å²) in [5.74, 6) is 0.775. The van der Waals surface area contributed by atoms with Crippen molar-refractivity contribution in [1.82, 2.24) is 9.97 Å². The van der Waals surface area contributed by atoms with E-state index in [9.17, 15) is 9.59 Å². The quantitative estimate of drug-likeness (QED) is 0.668. The molecule has 4 aliphatic carbocycles. The Labute approximate surface area is 150 Å². The summed E-state index contributed by atoms with van der Waals surface area (Å²) in [4.78, 5) is 31.4. The van der Waals surface area contributed by atoms with Crippen molar-refractivity contribution in [3.8, 4) is 0 Å². The standard InChI is InChI=1S/C19H23N5O2/c20-16(25)13-8-23-17-12(1-2-22-17)15(13)24-14-10-3-9-4-11(14)7-19(5-9,6-10)18(21)26/h1-2,8-11,14H,3-7H2,(H2,20,25)(H2,21,26)(H2,22,23,24)/t9?,10-,11+,14?,19?. The molecule has 6 rings (SSSR count). The van der Waals surface area contributed by atoms with Crippen molar-refractivity contribution < 1.29 is 9.59 Å². The van der Waals surface area contributed by atoms with Gasteiger partial charge in [-0.1, -0.05) is 0 Å². The van der Waals surface area contributed by atoms with Gasteiger partial charge in [-0.2, -0.15) is 0 Å². The molecule has 2 aromatic rings. The lowest BCUT2D eigenvalue weighted by Crippen LogP contribution is -2.59. The number of H-pyrrole nitrogens is 1. The smallest absolute Gasteiger partial charge is 0.252 e. The summed E-state index contributed by atoms with van der Waals surface area (Å²) in [6, 6.07) is 2.15. The average molecular weight is 353 g/mol. The van der Waals surface area contributed by atoms with Gasteiger partial charge in [0, 0.05) is 29.2 Å². The van der Waals surface area contributed by atoms with E-state index in [0.29, 0.717) is 23.3 Å². The van der Waals surface area contributed by atoms with Gasteiger partial charge in [0.1, 0.15) is 5.65 Å². The minimum atomic E-state index is -0.486. The molecular formula is C19H23N5O2. The maximum Gasteiger partial charge on any atom is 0.252 e. The third-order valence-electron chi connectivity index (χ3n) is 6.96. The topological polar surface area (TPSA) is 127 Å². The molecule has 2 aromatic heterocycles. The van der Waals surface area contributed by atoms with Crippen LogP contribution in [0.3, 0.4) is 0 Å². The summed E-state index contributed by atoms with van der Waals surface area (Å²) in [7, 11) is 0. The number of aromatic nitrogens is 2. The van der Waals surface area contributed by atoms with Crippen LogP contribution in [-0.4, -0.2) is 27.8 Å². The van der Waals surface area contributed by atoms with Gasteiger partial charge < -0.3 is 21.8 Å². The molecule has 136 valence electrons. The molecule has 4 bridgehead atoms. The van der Waals surface area contributed by atoms with Crippen LogP contribution in [0.4, 0.5) is 5.69 Å². The number of amides is 2. The van der Waals surface area contributed by atoms with Crippen molar-refractivity contribution in [1.29, 1.82) is 0 Å². The Balaban J connectivity index is 1.53. The van der Waals surface area contributed by atoms with E-state index in [1.807, 2.05) is 12.3 Å². The van der Waals surface area contributed by atoms with Gasteiger partial charge >= 0.3 is 0 Å². The highest BCUT2D eigenvalue weighted by Gasteiger charge is 2.57. The van der Waals surface area contributed by atoms with E-state index in [4.69, 9.17) is 11.5 Å². The van der Waals surface area contributed by atoms with E-state index in [2.05, 4.69) is 15.3 Å². The van der Waals surface area contributed by atoms with Gasteiger partial charge in [0.2, 0.25) is 5.91 Å². The van der Waals surface area contributed by atoms with Gasteiger partial charge in [-0.05, 0) is 55.9 Å². The normalized spacial score (nSPS) is 34.9. The molecule has 26 heavy (non-hydrogen) atoms. The molecule has 0 spiro atoms. The van der Waals surface area contributed by atoms with Crippen molar-refractivity contribution in [3.63, 3.8) is 0 Å². The van der Waals surface area contributed by atoms with Gasteiger partial charge in [-0.3, -0.25) is 9.59 Å². The highest BCUT2D eigenvalue weighted by Crippen LogP contribution is 2.60. The largest absolute Gasteiger partial charge is 0.380 e. The molecule has 4 fully saturated rings. The fraction of sp³-hybridized carbons (Fsp3) is 0.526. The molecular weight excluding hydrogens is 330 g/mol. The number of nitrogens with one attached hydrogen (secondary N) is 2. The highest BCUT2D eigenvalue weighted by molar-refractivity contribution is 6.06. The molecule has 2 amide bonds.